The van der Waals surface area contributed by atoms with Crippen molar-refractivity contribution in [2.75, 3.05) is 12.0 Å². The smallest absolute Gasteiger partial charge is 0.244 e. The standard InChI is InChI=1S/C7H6ClFN2O2S/c8-6-4(9)1-2-5-7(6)10-3-11-14(5,12)13/h1-2,10-11H,3H2. The van der Waals surface area contributed by atoms with Crippen LogP contribution in [0.1, 0.15) is 0 Å². The lowest BCUT2D eigenvalue weighted by molar-refractivity contribution is 0.580. The van der Waals surface area contributed by atoms with Gasteiger partial charge in [0, 0.05) is 0 Å². The summed E-state index contributed by atoms with van der Waals surface area (Å²) in [4.78, 5) is -0.0323. The minimum absolute atomic E-state index is 0.0124. The van der Waals surface area contributed by atoms with Crippen molar-refractivity contribution in [2.24, 2.45) is 0 Å². The van der Waals surface area contributed by atoms with Crippen molar-refractivity contribution in [2.45, 2.75) is 4.90 Å². The van der Waals surface area contributed by atoms with E-state index in [4.69, 9.17) is 11.6 Å². The average molecular weight is 237 g/mol. The lowest BCUT2D eigenvalue weighted by atomic mass is 10.3. The Hall–Kier alpha value is -0.850. The van der Waals surface area contributed by atoms with Crippen LogP contribution in [0.5, 0.6) is 0 Å². The third kappa shape index (κ3) is 1.35. The summed E-state index contributed by atoms with van der Waals surface area (Å²) in [5.41, 5.74) is 0.116. The van der Waals surface area contributed by atoms with Crippen LogP contribution in [-0.2, 0) is 10.0 Å². The number of nitrogens with one attached hydrogen (secondary N) is 2. The summed E-state index contributed by atoms with van der Waals surface area (Å²) in [6.45, 7) is 0.0124. The Morgan fingerprint density at radius 2 is 2.14 bits per heavy atom. The number of sulfonamides is 1. The van der Waals surface area contributed by atoms with Crippen LogP contribution in [0.2, 0.25) is 5.02 Å². The van der Waals surface area contributed by atoms with Crippen LogP contribution in [0, 0.1) is 5.82 Å². The third-order valence-electron chi connectivity index (χ3n) is 1.87. The van der Waals surface area contributed by atoms with Gasteiger partial charge in [-0.1, -0.05) is 11.6 Å². The highest BCUT2D eigenvalue weighted by molar-refractivity contribution is 7.89. The fourth-order valence-electron chi connectivity index (χ4n) is 1.22. The van der Waals surface area contributed by atoms with Crippen molar-refractivity contribution in [3.8, 4) is 0 Å². The predicted octanol–water partition coefficient (Wildman–Crippen LogP) is 1.14. The monoisotopic (exact) mass is 236 g/mol. The number of halogens is 2. The Kier molecular flexibility index (Phi) is 2.13. The highest BCUT2D eigenvalue weighted by Crippen LogP contribution is 2.33. The molecule has 0 fully saturated rings. The Balaban J connectivity index is 2.75. The maximum absolute atomic E-state index is 13.0. The molecule has 0 atom stereocenters. The van der Waals surface area contributed by atoms with Gasteiger partial charge in [0.1, 0.15) is 15.7 Å². The van der Waals surface area contributed by atoms with Gasteiger partial charge in [-0.3, -0.25) is 0 Å². The van der Waals surface area contributed by atoms with Crippen molar-refractivity contribution >= 4 is 27.3 Å². The zero-order chi connectivity index (χ0) is 10.3. The summed E-state index contributed by atoms with van der Waals surface area (Å²) in [5, 5.41) is 2.46. The van der Waals surface area contributed by atoms with E-state index in [1.54, 1.807) is 0 Å². The zero-order valence-electron chi connectivity index (χ0n) is 6.84. The van der Waals surface area contributed by atoms with E-state index in [0.717, 1.165) is 6.07 Å². The van der Waals surface area contributed by atoms with Gasteiger partial charge in [-0.2, -0.15) is 4.72 Å². The fourth-order valence-corrected chi connectivity index (χ4v) is 2.61. The molecule has 1 aromatic rings. The topological polar surface area (TPSA) is 58.2 Å². The van der Waals surface area contributed by atoms with E-state index in [1.165, 1.54) is 6.07 Å². The number of rotatable bonds is 0. The maximum atomic E-state index is 13.0. The highest BCUT2D eigenvalue weighted by Gasteiger charge is 2.25. The summed E-state index contributed by atoms with van der Waals surface area (Å²) in [5.74, 6) is -0.644. The molecule has 0 spiro atoms. The molecule has 2 rings (SSSR count). The largest absolute Gasteiger partial charge is 0.369 e. The molecule has 0 radical (unpaired) electrons. The predicted molar refractivity (Wildman–Crippen MR) is 50.2 cm³/mol. The molecule has 2 N–H and O–H groups in total. The van der Waals surface area contributed by atoms with Crippen molar-refractivity contribution in [3.63, 3.8) is 0 Å². The second-order valence-electron chi connectivity index (χ2n) is 2.74. The Bertz CT molecular complexity index is 489. The van der Waals surface area contributed by atoms with E-state index in [0.29, 0.717) is 0 Å². The van der Waals surface area contributed by atoms with Gasteiger partial charge in [-0.05, 0) is 12.1 Å². The van der Waals surface area contributed by atoms with Gasteiger partial charge in [0.2, 0.25) is 10.0 Å². The van der Waals surface area contributed by atoms with Gasteiger partial charge in [0.25, 0.3) is 0 Å². The van der Waals surface area contributed by atoms with Gasteiger partial charge < -0.3 is 5.32 Å². The molecule has 0 unspecified atom stereocenters. The lowest BCUT2D eigenvalue weighted by Crippen LogP contribution is -2.34. The molecule has 1 aromatic carbocycles. The molecule has 7 heteroatoms. The fraction of sp³-hybridized carbons (Fsp3) is 0.143. The third-order valence-corrected chi connectivity index (χ3v) is 3.69. The lowest BCUT2D eigenvalue weighted by Gasteiger charge is -2.20. The number of anilines is 1. The molecule has 1 aliphatic rings. The minimum atomic E-state index is -3.54. The van der Waals surface area contributed by atoms with Gasteiger partial charge in [0.05, 0.1) is 12.4 Å². The van der Waals surface area contributed by atoms with Gasteiger partial charge in [-0.15, -0.1) is 0 Å². The molecule has 1 aliphatic heterocycles. The summed E-state index contributed by atoms with van der Waals surface area (Å²) in [7, 11) is -3.54. The molecule has 14 heavy (non-hydrogen) atoms. The molecule has 0 saturated carbocycles. The van der Waals surface area contributed by atoms with Crippen LogP contribution < -0.4 is 10.0 Å². The minimum Gasteiger partial charge on any atom is -0.369 e. The highest BCUT2D eigenvalue weighted by atomic mass is 35.5. The molecule has 76 valence electrons. The number of hydrogen-bond acceptors (Lipinski definition) is 3. The first-order valence-electron chi connectivity index (χ1n) is 3.74. The van der Waals surface area contributed by atoms with E-state index in [1.807, 2.05) is 0 Å². The van der Waals surface area contributed by atoms with Gasteiger partial charge in [-0.25, -0.2) is 12.8 Å². The van der Waals surface area contributed by atoms with Gasteiger partial charge >= 0.3 is 0 Å². The summed E-state index contributed by atoms with van der Waals surface area (Å²) in [6.07, 6.45) is 0. The zero-order valence-corrected chi connectivity index (χ0v) is 8.41. The van der Waals surface area contributed by atoms with Crippen LogP contribution in [0.3, 0.4) is 0 Å². The summed E-state index contributed by atoms with van der Waals surface area (Å²) in [6, 6.07) is 2.19. The molecule has 1 heterocycles. The molecule has 4 nitrogen and oxygen atoms in total. The maximum Gasteiger partial charge on any atom is 0.244 e. The van der Waals surface area contributed by atoms with Crippen molar-refractivity contribution < 1.29 is 12.8 Å². The second kappa shape index (κ2) is 3.08. The summed E-state index contributed by atoms with van der Waals surface area (Å²) >= 11 is 5.61. The Morgan fingerprint density at radius 1 is 1.43 bits per heavy atom. The van der Waals surface area contributed by atoms with Crippen LogP contribution in [0.25, 0.3) is 0 Å². The Labute approximate surface area is 85.1 Å². The molecular weight excluding hydrogens is 231 g/mol. The van der Waals surface area contributed by atoms with Crippen LogP contribution in [-0.4, -0.2) is 15.1 Å². The van der Waals surface area contributed by atoms with E-state index in [2.05, 4.69) is 10.0 Å². The first kappa shape index (κ1) is 9.70. The average Bonchev–Trinajstić information content (AvgIpc) is 2.11. The van der Waals surface area contributed by atoms with E-state index in [9.17, 15) is 12.8 Å². The number of fused-ring (bicyclic) bond motifs is 1. The normalized spacial score (nSPS) is 18.4. The van der Waals surface area contributed by atoms with Crippen molar-refractivity contribution in [3.05, 3.63) is 23.0 Å². The SMILES string of the molecule is O=S1(=O)NCNc2c1ccc(F)c2Cl. The molecule has 0 amide bonds. The summed E-state index contributed by atoms with van der Waals surface area (Å²) < 4.78 is 38.0. The molecular formula is C7H6ClFN2O2S. The van der Waals surface area contributed by atoms with Crippen LogP contribution in [0.15, 0.2) is 17.0 Å². The van der Waals surface area contributed by atoms with Crippen molar-refractivity contribution in [1.82, 2.24) is 4.72 Å². The molecule has 0 bridgehead atoms. The van der Waals surface area contributed by atoms with E-state index in [-0.39, 0.29) is 22.3 Å². The first-order valence-corrected chi connectivity index (χ1v) is 5.60. The first-order chi connectivity index (χ1) is 6.52. The van der Waals surface area contributed by atoms with E-state index >= 15 is 0 Å². The van der Waals surface area contributed by atoms with Gasteiger partial charge in [0.15, 0.2) is 0 Å². The number of hydrogen-bond donors (Lipinski definition) is 2. The quantitative estimate of drug-likeness (QED) is 0.710. The Morgan fingerprint density at radius 3 is 2.86 bits per heavy atom. The molecule has 0 aromatic heterocycles. The van der Waals surface area contributed by atoms with Crippen LogP contribution in [0.4, 0.5) is 10.1 Å². The second-order valence-corrected chi connectivity index (χ2v) is 4.85. The molecule has 0 saturated heterocycles. The number of benzene rings is 1. The van der Waals surface area contributed by atoms with E-state index < -0.39 is 15.8 Å². The van der Waals surface area contributed by atoms with Crippen molar-refractivity contribution in [1.29, 1.82) is 0 Å². The molecule has 0 aliphatic carbocycles. The van der Waals surface area contributed by atoms with Crippen LogP contribution >= 0.6 is 11.6 Å².